The third-order valence-electron chi connectivity index (χ3n) is 1.76. The molecule has 0 spiro atoms. The molecule has 1 rings (SSSR count). The highest BCUT2D eigenvalue weighted by atomic mass is 35.5. The fourth-order valence-electron chi connectivity index (χ4n) is 1.04. The summed E-state index contributed by atoms with van der Waals surface area (Å²) in [5.41, 5.74) is -0.326. The Balaban J connectivity index is 2.78. The molecule has 90 valence electrons. The van der Waals surface area contributed by atoms with E-state index in [9.17, 15) is 9.18 Å². The van der Waals surface area contributed by atoms with Crippen LogP contribution in [-0.4, -0.2) is 19.2 Å². The molecule has 0 heterocycles. The smallest absolute Gasteiger partial charge is 0.424 e. The van der Waals surface area contributed by atoms with E-state index in [2.05, 4.69) is 9.71 Å². The number of carbonyl (C=O) groups is 1. The van der Waals surface area contributed by atoms with Crippen molar-refractivity contribution in [3.8, 4) is 5.75 Å². The number of rotatable bonds is 4. The van der Waals surface area contributed by atoms with Crippen LogP contribution >= 0.6 is 11.6 Å². The number of ether oxygens (including phenoxy) is 2. The van der Waals surface area contributed by atoms with Crippen molar-refractivity contribution in [2.24, 2.45) is 0 Å². The third kappa shape index (κ3) is 3.57. The fourth-order valence-corrected chi connectivity index (χ4v) is 1.25. The number of benzene rings is 1. The maximum Gasteiger partial charge on any atom is 0.424 e. The summed E-state index contributed by atoms with van der Waals surface area (Å²) in [5, 5.41) is 8.46. The Bertz CT molecular complexity index is 473. The quantitative estimate of drug-likeness (QED) is 0.616. The molecule has 7 heteroatoms. The lowest BCUT2D eigenvalue weighted by atomic mass is 10.3. The molecule has 0 saturated heterocycles. The fraction of sp³-hybridized carbons (Fsp3) is 0.300. The number of halogens is 2. The van der Waals surface area contributed by atoms with Gasteiger partial charge in [0.15, 0.2) is 11.6 Å². The molecule has 1 aromatic rings. The predicted molar refractivity (Wildman–Crippen MR) is 58.3 cm³/mol. The average molecular weight is 260 g/mol. The number of diazo groups is 1. The van der Waals surface area contributed by atoms with E-state index in [1.165, 1.54) is 0 Å². The maximum atomic E-state index is 13.1. The van der Waals surface area contributed by atoms with Crippen LogP contribution in [0.25, 0.3) is 4.98 Å². The SMILES string of the molecule is CCOC(=O)COc1cc([N+]#N)c(F)cc1Cl. The molecule has 0 aliphatic carbocycles. The van der Waals surface area contributed by atoms with Crippen molar-refractivity contribution in [2.45, 2.75) is 6.92 Å². The largest absolute Gasteiger partial charge is 0.480 e. The summed E-state index contributed by atoms with van der Waals surface area (Å²) in [4.78, 5) is 13.7. The van der Waals surface area contributed by atoms with Gasteiger partial charge in [0.1, 0.15) is 5.75 Å². The van der Waals surface area contributed by atoms with E-state index >= 15 is 0 Å². The summed E-state index contributed by atoms with van der Waals surface area (Å²) in [6, 6.07) is 2.01. The van der Waals surface area contributed by atoms with E-state index in [1.54, 1.807) is 6.92 Å². The second-order valence-corrected chi connectivity index (χ2v) is 3.33. The highest BCUT2D eigenvalue weighted by Crippen LogP contribution is 2.31. The third-order valence-corrected chi connectivity index (χ3v) is 2.06. The summed E-state index contributed by atoms with van der Waals surface area (Å²) >= 11 is 5.68. The molecule has 0 fully saturated rings. The molecule has 0 atom stereocenters. The van der Waals surface area contributed by atoms with Crippen molar-refractivity contribution in [3.63, 3.8) is 0 Å². The Labute approximate surface area is 102 Å². The van der Waals surface area contributed by atoms with Gasteiger partial charge in [0, 0.05) is 6.07 Å². The molecule has 0 aliphatic heterocycles. The van der Waals surface area contributed by atoms with Gasteiger partial charge in [-0.2, -0.15) is 4.39 Å². The first-order chi connectivity index (χ1) is 8.08. The van der Waals surface area contributed by atoms with Gasteiger partial charge in [0.2, 0.25) is 11.2 Å². The van der Waals surface area contributed by atoms with E-state index in [-0.39, 0.29) is 29.7 Å². The van der Waals surface area contributed by atoms with Crippen LogP contribution in [0.3, 0.4) is 0 Å². The lowest BCUT2D eigenvalue weighted by Crippen LogP contribution is -2.14. The molecular formula is C10H9ClFN2O3+. The molecule has 0 aliphatic rings. The minimum absolute atomic E-state index is 0.0285. The first-order valence-electron chi connectivity index (χ1n) is 4.71. The summed E-state index contributed by atoms with van der Waals surface area (Å²) in [6.07, 6.45) is 0. The Kier molecular flexibility index (Phi) is 4.67. The van der Waals surface area contributed by atoms with Crippen LogP contribution in [0.5, 0.6) is 5.75 Å². The van der Waals surface area contributed by atoms with Gasteiger partial charge in [0.25, 0.3) is 0 Å². The normalized spacial score (nSPS) is 9.53. The molecule has 17 heavy (non-hydrogen) atoms. The van der Waals surface area contributed by atoms with E-state index in [0.29, 0.717) is 0 Å². The van der Waals surface area contributed by atoms with Gasteiger partial charge in [0.05, 0.1) is 17.7 Å². The average Bonchev–Trinajstić information content (AvgIpc) is 2.28. The summed E-state index contributed by atoms with van der Waals surface area (Å²) in [5.74, 6) is -1.33. The number of esters is 1. The van der Waals surface area contributed by atoms with Gasteiger partial charge < -0.3 is 9.47 Å². The minimum atomic E-state index is -0.791. The Morgan fingerprint density at radius 2 is 2.29 bits per heavy atom. The molecule has 0 unspecified atom stereocenters. The highest BCUT2D eigenvalue weighted by Gasteiger charge is 2.19. The van der Waals surface area contributed by atoms with Crippen molar-refractivity contribution < 1.29 is 18.7 Å². The summed E-state index contributed by atoms with van der Waals surface area (Å²) in [6.45, 7) is 1.53. The Hall–Kier alpha value is -1.87. The number of hydrogen-bond acceptors (Lipinski definition) is 4. The second-order valence-electron chi connectivity index (χ2n) is 2.93. The van der Waals surface area contributed by atoms with Crippen LogP contribution < -0.4 is 4.74 Å². The molecule has 0 radical (unpaired) electrons. The minimum Gasteiger partial charge on any atom is -0.480 e. The Morgan fingerprint density at radius 3 is 2.88 bits per heavy atom. The standard InChI is InChI=1S/C10H9ClFN2O3/c1-2-16-10(15)5-17-9-4-8(14-13)7(12)3-6(9)11/h3-4H,2,5H2,1H3/q+1. The van der Waals surface area contributed by atoms with E-state index in [0.717, 1.165) is 12.1 Å². The van der Waals surface area contributed by atoms with Crippen molar-refractivity contribution >= 4 is 23.3 Å². The molecule has 0 aromatic heterocycles. The lowest BCUT2D eigenvalue weighted by Gasteiger charge is -2.06. The van der Waals surface area contributed by atoms with Crippen molar-refractivity contribution in [2.75, 3.05) is 13.2 Å². The monoisotopic (exact) mass is 259 g/mol. The number of carbonyl (C=O) groups excluding carboxylic acids is 1. The molecule has 5 nitrogen and oxygen atoms in total. The van der Waals surface area contributed by atoms with Gasteiger partial charge in [-0.05, 0) is 6.92 Å². The molecule has 0 amide bonds. The topological polar surface area (TPSA) is 63.7 Å². The first kappa shape index (κ1) is 13.2. The van der Waals surface area contributed by atoms with Crippen molar-refractivity contribution in [3.05, 3.63) is 27.9 Å². The van der Waals surface area contributed by atoms with E-state index < -0.39 is 11.8 Å². The van der Waals surface area contributed by atoms with Crippen LogP contribution in [0, 0.1) is 11.2 Å². The zero-order chi connectivity index (χ0) is 12.8. The maximum absolute atomic E-state index is 13.1. The summed E-state index contributed by atoms with van der Waals surface area (Å²) < 4.78 is 22.7. The predicted octanol–water partition coefficient (Wildman–Crippen LogP) is 2.91. The van der Waals surface area contributed by atoms with Crippen molar-refractivity contribution in [1.82, 2.24) is 0 Å². The van der Waals surface area contributed by atoms with Crippen LogP contribution in [-0.2, 0) is 9.53 Å². The Morgan fingerprint density at radius 1 is 1.59 bits per heavy atom. The zero-order valence-corrected chi connectivity index (χ0v) is 9.70. The number of nitrogens with zero attached hydrogens (tertiary/aromatic N) is 2. The van der Waals surface area contributed by atoms with Crippen LogP contribution in [0.15, 0.2) is 12.1 Å². The van der Waals surface area contributed by atoms with E-state index in [1.807, 2.05) is 0 Å². The zero-order valence-electron chi connectivity index (χ0n) is 8.94. The van der Waals surface area contributed by atoms with Gasteiger partial charge in [-0.3, -0.25) is 0 Å². The van der Waals surface area contributed by atoms with Crippen LogP contribution in [0.4, 0.5) is 10.1 Å². The first-order valence-corrected chi connectivity index (χ1v) is 5.08. The second kappa shape index (κ2) is 6.01. The van der Waals surface area contributed by atoms with Crippen molar-refractivity contribution in [1.29, 1.82) is 5.39 Å². The summed E-state index contributed by atoms with van der Waals surface area (Å²) in [7, 11) is 0. The molecular weight excluding hydrogens is 251 g/mol. The highest BCUT2D eigenvalue weighted by molar-refractivity contribution is 6.32. The van der Waals surface area contributed by atoms with E-state index in [4.69, 9.17) is 21.7 Å². The molecule has 0 saturated carbocycles. The lowest BCUT2D eigenvalue weighted by molar-refractivity contribution is -0.145. The van der Waals surface area contributed by atoms with Gasteiger partial charge in [-0.25, -0.2) is 4.79 Å². The molecule has 0 N–H and O–H groups in total. The molecule has 0 bridgehead atoms. The van der Waals surface area contributed by atoms with Gasteiger partial charge in [-0.1, -0.05) is 11.6 Å². The van der Waals surface area contributed by atoms with Crippen LogP contribution in [0.1, 0.15) is 6.92 Å². The van der Waals surface area contributed by atoms with Crippen LogP contribution in [0.2, 0.25) is 5.02 Å². The molecule has 1 aromatic carbocycles. The van der Waals surface area contributed by atoms with Gasteiger partial charge in [-0.15, -0.1) is 0 Å². The number of hydrogen-bond donors (Lipinski definition) is 0. The van der Waals surface area contributed by atoms with Gasteiger partial charge >= 0.3 is 11.7 Å².